The lowest BCUT2D eigenvalue weighted by Gasteiger charge is -2.29. The van der Waals surface area contributed by atoms with Gasteiger partial charge in [-0.3, -0.25) is 9.59 Å². The van der Waals surface area contributed by atoms with Crippen molar-refractivity contribution in [3.8, 4) is 5.75 Å². The van der Waals surface area contributed by atoms with E-state index in [1.54, 1.807) is 4.90 Å². The van der Waals surface area contributed by atoms with E-state index >= 15 is 0 Å². The highest BCUT2D eigenvalue weighted by molar-refractivity contribution is 7.15. The maximum atomic E-state index is 12.2. The zero-order valence-electron chi connectivity index (χ0n) is 13.7. The van der Waals surface area contributed by atoms with E-state index in [2.05, 4.69) is 10.3 Å². The lowest BCUT2D eigenvalue weighted by molar-refractivity contribution is -0.121. The van der Waals surface area contributed by atoms with E-state index < -0.39 is 0 Å². The van der Waals surface area contributed by atoms with E-state index in [4.69, 9.17) is 4.74 Å². The zero-order chi connectivity index (χ0) is 17.1. The Morgan fingerprint density at radius 3 is 2.96 bits per heavy atom. The van der Waals surface area contributed by atoms with E-state index in [0.717, 1.165) is 17.0 Å². The molecule has 0 aliphatic carbocycles. The number of carbonyl (C=O) groups excluding carboxylic acids is 2. The van der Waals surface area contributed by atoms with E-state index in [9.17, 15) is 9.59 Å². The van der Waals surface area contributed by atoms with E-state index in [1.807, 2.05) is 38.1 Å². The topological polar surface area (TPSA) is 71.5 Å². The molecule has 0 saturated heterocycles. The number of fused-ring (bicyclic) bond motifs is 1. The molecule has 0 radical (unpaired) electrons. The maximum absolute atomic E-state index is 12.2. The quantitative estimate of drug-likeness (QED) is 0.904. The number of ether oxygens (including phenoxy) is 1. The summed E-state index contributed by atoms with van der Waals surface area (Å²) in [5.41, 5.74) is 1.72. The van der Waals surface area contributed by atoms with Crippen LogP contribution in [0.15, 0.2) is 24.3 Å². The van der Waals surface area contributed by atoms with Gasteiger partial charge in [0, 0.05) is 17.8 Å². The molecule has 0 atom stereocenters. The van der Waals surface area contributed by atoms with Crippen LogP contribution in [0, 0.1) is 6.92 Å². The number of thiazole rings is 1. The molecular weight excluding hydrogens is 326 g/mol. The Morgan fingerprint density at radius 2 is 2.21 bits per heavy atom. The molecule has 0 unspecified atom stereocenters. The van der Waals surface area contributed by atoms with Gasteiger partial charge in [0.15, 0.2) is 11.7 Å². The Kier molecular flexibility index (Phi) is 4.80. The van der Waals surface area contributed by atoms with Crippen molar-refractivity contribution < 1.29 is 14.3 Å². The maximum Gasteiger partial charge on any atom is 0.265 e. The van der Waals surface area contributed by atoms with Gasteiger partial charge in [0.2, 0.25) is 5.91 Å². The summed E-state index contributed by atoms with van der Waals surface area (Å²) in [5, 5.41) is 3.43. The SMILES string of the molecule is CCc1nc(NC(=O)CCN2C(=O)COc3ccccc32)sc1C. The van der Waals surface area contributed by atoms with E-state index in [1.165, 1.54) is 11.3 Å². The third-order valence-corrected chi connectivity index (χ3v) is 4.77. The highest BCUT2D eigenvalue weighted by Crippen LogP contribution is 2.31. The first kappa shape index (κ1) is 16.4. The third kappa shape index (κ3) is 3.41. The van der Waals surface area contributed by atoms with Gasteiger partial charge >= 0.3 is 0 Å². The fourth-order valence-electron chi connectivity index (χ4n) is 2.60. The van der Waals surface area contributed by atoms with Crippen molar-refractivity contribution in [2.24, 2.45) is 0 Å². The molecule has 1 aliphatic rings. The Hall–Kier alpha value is -2.41. The second-order valence-corrected chi connectivity index (χ2v) is 6.68. The van der Waals surface area contributed by atoms with Crippen molar-refractivity contribution >= 4 is 34.0 Å². The monoisotopic (exact) mass is 345 g/mol. The highest BCUT2D eigenvalue weighted by Gasteiger charge is 2.25. The second kappa shape index (κ2) is 7.00. The molecule has 24 heavy (non-hydrogen) atoms. The normalized spacial score (nSPS) is 13.4. The number of nitrogens with one attached hydrogen (secondary N) is 1. The summed E-state index contributed by atoms with van der Waals surface area (Å²) in [7, 11) is 0. The summed E-state index contributed by atoms with van der Waals surface area (Å²) < 4.78 is 5.40. The van der Waals surface area contributed by atoms with Gasteiger partial charge in [0.1, 0.15) is 5.75 Å². The number of hydrogen-bond donors (Lipinski definition) is 1. The van der Waals surface area contributed by atoms with Crippen LogP contribution in [0.4, 0.5) is 10.8 Å². The minimum atomic E-state index is -0.150. The first-order valence-electron chi connectivity index (χ1n) is 7.87. The van der Waals surface area contributed by atoms with Crippen LogP contribution in [0.1, 0.15) is 23.9 Å². The van der Waals surface area contributed by atoms with Crippen LogP contribution < -0.4 is 15.0 Å². The molecule has 2 amide bonds. The Labute approximate surface area is 144 Å². The number of nitrogens with zero attached hydrogens (tertiary/aromatic N) is 2. The van der Waals surface area contributed by atoms with Crippen LogP contribution in [0.25, 0.3) is 0 Å². The molecule has 2 aromatic rings. The van der Waals surface area contributed by atoms with Crippen molar-refractivity contribution in [3.63, 3.8) is 0 Å². The molecule has 1 aromatic carbocycles. The Balaban J connectivity index is 1.62. The molecule has 126 valence electrons. The smallest absolute Gasteiger partial charge is 0.265 e. The van der Waals surface area contributed by atoms with Crippen molar-refractivity contribution in [3.05, 3.63) is 34.8 Å². The lowest BCUT2D eigenvalue weighted by atomic mass is 10.2. The Morgan fingerprint density at radius 1 is 1.42 bits per heavy atom. The van der Waals surface area contributed by atoms with Crippen LogP contribution in [0.2, 0.25) is 0 Å². The average molecular weight is 345 g/mol. The minimum Gasteiger partial charge on any atom is -0.482 e. The number of anilines is 2. The predicted molar refractivity (Wildman–Crippen MR) is 93.8 cm³/mol. The van der Waals surface area contributed by atoms with Crippen LogP contribution in [-0.2, 0) is 16.0 Å². The Bertz CT molecular complexity index is 772. The lowest BCUT2D eigenvalue weighted by Crippen LogP contribution is -2.40. The summed E-state index contributed by atoms with van der Waals surface area (Å²) in [6.07, 6.45) is 1.05. The molecule has 0 saturated carbocycles. The number of benzene rings is 1. The molecule has 1 aliphatic heterocycles. The van der Waals surface area contributed by atoms with Gasteiger partial charge < -0.3 is 15.0 Å². The van der Waals surface area contributed by atoms with E-state index in [-0.39, 0.29) is 24.8 Å². The van der Waals surface area contributed by atoms with E-state index in [0.29, 0.717) is 23.1 Å². The number of hydrogen-bond acceptors (Lipinski definition) is 5. The summed E-state index contributed by atoms with van der Waals surface area (Å²) in [6, 6.07) is 7.34. The fourth-order valence-corrected chi connectivity index (χ4v) is 3.52. The molecule has 6 nitrogen and oxygen atoms in total. The molecular formula is C17H19N3O3S. The van der Waals surface area contributed by atoms with Gasteiger partial charge in [-0.2, -0.15) is 0 Å². The molecule has 0 fully saturated rings. The molecule has 3 rings (SSSR count). The summed E-state index contributed by atoms with van der Waals surface area (Å²) >= 11 is 1.47. The predicted octanol–water partition coefficient (Wildman–Crippen LogP) is 2.77. The number of para-hydroxylation sites is 2. The van der Waals surface area contributed by atoms with Crippen molar-refractivity contribution in [2.75, 3.05) is 23.4 Å². The number of aromatic nitrogens is 1. The molecule has 1 aromatic heterocycles. The van der Waals surface area contributed by atoms with Crippen molar-refractivity contribution in [1.29, 1.82) is 0 Å². The fraction of sp³-hybridized carbons (Fsp3) is 0.353. The first-order valence-corrected chi connectivity index (χ1v) is 8.68. The molecule has 1 N–H and O–H groups in total. The third-order valence-electron chi connectivity index (χ3n) is 3.84. The zero-order valence-corrected chi connectivity index (χ0v) is 14.5. The molecule has 0 spiro atoms. The number of amides is 2. The molecule has 0 bridgehead atoms. The number of aryl methyl sites for hydroxylation is 2. The number of carbonyl (C=O) groups is 2. The summed E-state index contributed by atoms with van der Waals surface area (Å²) in [5.74, 6) is 0.378. The van der Waals surface area contributed by atoms with Gasteiger partial charge in [0.25, 0.3) is 5.91 Å². The standard InChI is InChI=1S/C17H19N3O3S/c1-3-12-11(2)24-17(18-12)19-15(21)8-9-20-13-6-4-5-7-14(13)23-10-16(20)22/h4-7H,3,8-10H2,1-2H3,(H,18,19,21). The van der Waals surface area contributed by atoms with Crippen LogP contribution in [-0.4, -0.2) is 29.9 Å². The molecule has 7 heteroatoms. The largest absolute Gasteiger partial charge is 0.482 e. The van der Waals surface area contributed by atoms with Crippen LogP contribution in [0.5, 0.6) is 5.75 Å². The van der Waals surface area contributed by atoms with Gasteiger partial charge in [0.05, 0.1) is 11.4 Å². The van der Waals surface area contributed by atoms with Gasteiger partial charge in [-0.15, -0.1) is 11.3 Å². The first-order chi connectivity index (χ1) is 11.6. The summed E-state index contributed by atoms with van der Waals surface area (Å²) in [6.45, 7) is 4.35. The van der Waals surface area contributed by atoms with Gasteiger partial charge in [-0.25, -0.2) is 4.98 Å². The van der Waals surface area contributed by atoms with Gasteiger partial charge in [-0.1, -0.05) is 19.1 Å². The second-order valence-electron chi connectivity index (χ2n) is 5.48. The van der Waals surface area contributed by atoms with Crippen molar-refractivity contribution in [2.45, 2.75) is 26.7 Å². The summed E-state index contributed by atoms with van der Waals surface area (Å²) in [4.78, 5) is 31.4. The van der Waals surface area contributed by atoms with Gasteiger partial charge in [-0.05, 0) is 25.5 Å². The number of rotatable bonds is 5. The van der Waals surface area contributed by atoms with Crippen LogP contribution in [0.3, 0.4) is 0 Å². The van der Waals surface area contributed by atoms with Crippen LogP contribution >= 0.6 is 11.3 Å². The van der Waals surface area contributed by atoms with Crippen molar-refractivity contribution in [1.82, 2.24) is 4.98 Å². The minimum absolute atomic E-state index is 0.00413. The average Bonchev–Trinajstić information content (AvgIpc) is 2.93. The highest BCUT2D eigenvalue weighted by atomic mass is 32.1. The molecule has 2 heterocycles.